The van der Waals surface area contributed by atoms with E-state index in [9.17, 15) is 0 Å². The summed E-state index contributed by atoms with van der Waals surface area (Å²) in [6, 6.07) is 27.8. The Bertz CT molecular complexity index is 1220. The molecule has 0 aromatic heterocycles. The lowest BCUT2D eigenvalue weighted by Crippen LogP contribution is -1.91. The molecule has 5 aromatic rings. The quantitative estimate of drug-likeness (QED) is 0.215. The van der Waals surface area contributed by atoms with Gasteiger partial charge in [-0.05, 0) is 38.4 Å². The monoisotopic (exact) mass is 293 g/mol. The van der Waals surface area contributed by atoms with E-state index in [2.05, 4.69) is 78.9 Å². The highest BCUT2D eigenvalue weighted by atomic mass is 14.6. The summed E-state index contributed by atoms with van der Waals surface area (Å²) in [6.45, 7) is 0. The van der Waals surface area contributed by atoms with E-state index in [4.69, 9.17) is 5.73 Å². The van der Waals surface area contributed by atoms with Gasteiger partial charge >= 0.3 is 0 Å². The summed E-state index contributed by atoms with van der Waals surface area (Å²) >= 11 is 0. The Hall–Kier alpha value is -3.06. The molecule has 1 nitrogen and oxygen atoms in total. The predicted molar refractivity (Wildman–Crippen MR) is 101 cm³/mol. The molecule has 0 unspecified atom stereocenters. The van der Waals surface area contributed by atoms with Crippen molar-refractivity contribution >= 4 is 48.8 Å². The van der Waals surface area contributed by atoms with E-state index in [0.29, 0.717) is 0 Å². The molecule has 0 aliphatic heterocycles. The van der Waals surface area contributed by atoms with Crippen LogP contribution >= 0.6 is 0 Å². The summed E-state index contributed by atoms with van der Waals surface area (Å²) in [5.41, 5.74) is 7.49. The molecular formula is C22H15N. The molecule has 1 heteroatoms. The zero-order chi connectivity index (χ0) is 15.4. The lowest BCUT2D eigenvalue weighted by Gasteiger charge is -2.12. The van der Waals surface area contributed by atoms with Gasteiger partial charge in [0.15, 0.2) is 0 Å². The van der Waals surface area contributed by atoms with Crippen LogP contribution in [0.4, 0.5) is 5.69 Å². The van der Waals surface area contributed by atoms with Gasteiger partial charge in [0.1, 0.15) is 0 Å². The molecule has 0 saturated carbocycles. The molecule has 0 atom stereocenters. The van der Waals surface area contributed by atoms with E-state index in [1.807, 2.05) is 0 Å². The Balaban J connectivity index is 2.08. The summed E-state index contributed by atoms with van der Waals surface area (Å²) in [7, 11) is 0. The molecule has 0 spiro atoms. The van der Waals surface area contributed by atoms with Crippen molar-refractivity contribution in [1.29, 1.82) is 0 Å². The number of nitrogen functional groups attached to an aromatic ring is 1. The van der Waals surface area contributed by atoms with Gasteiger partial charge in [-0.15, -0.1) is 0 Å². The smallest absolute Gasteiger partial charge is 0.0479 e. The SMILES string of the molecule is Nc1c2ccc3ccccc3c2cc2ccc3ccccc3c12. The van der Waals surface area contributed by atoms with Crippen LogP contribution in [0.2, 0.25) is 0 Å². The predicted octanol–water partition coefficient (Wildman–Crippen LogP) is 5.88. The highest BCUT2D eigenvalue weighted by Crippen LogP contribution is 2.38. The molecule has 0 amide bonds. The number of anilines is 1. The van der Waals surface area contributed by atoms with Gasteiger partial charge in [-0.25, -0.2) is 0 Å². The van der Waals surface area contributed by atoms with Crippen molar-refractivity contribution < 1.29 is 0 Å². The number of nitrogens with two attached hydrogens (primary N) is 1. The molecule has 0 heterocycles. The fourth-order valence-electron chi connectivity index (χ4n) is 3.69. The first-order valence-corrected chi connectivity index (χ1v) is 7.84. The average Bonchev–Trinajstić information content (AvgIpc) is 2.61. The third-order valence-electron chi connectivity index (χ3n) is 4.79. The first kappa shape index (κ1) is 12.5. The molecule has 0 bridgehead atoms. The van der Waals surface area contributed by atoms with E-state index >= 15 is 0 Å². The Kier molecular flexibility index (Phi) is 2.42. The molecule has 0 fully saturated rings. The first-order valence-electron chi connectivity index (χ1n) is 7.84. The van der Waals surface area contributed by atoms with Gasteiger partial charge < -0.3 is 5.73 Å². The van der Waals surface area contributed by atoms with Crippen molar-refractivity contribution in [3.8, 4) is 0 Å². The average molecular weight is 293 g/mol. The highest BCUT2D eigenvalue weighted by Gasteiger charge is 2.10. The zero-order valence-electron chi connectivity index (χ0n) is 12.6. The van der Waals surface area contributed by atoms with Gasteiger partial charge in [0.05, 0.1) is 0 Å². The third-order valence-corrected chi connectivity index (χ3v) is 4.79. The molecule has 108 valence electrons. The summed E-state index contributed by atoms with van der Waals surface area (Å²) in [5.74, 6) is 0. The van der Waals surface area contributed by atoms with Crippen LogP contribution in [0.1, 0.15) is 0 Å². The topological polar surface area (TPSA) is 26.0 Å². The number of rotatable bonds is 0. The Labute approximate surface area is 133 Å². The number of hydrogen-bond donors (Lipinski definition) is 1. The summed E-state index contributed by atoms with van der Waals surface area (Å²) in [5, 5.41) is 9.67. The van der Waals surface area contributed by atoms with Crippen LogP contribution in [-0.4, -0.2) is 0 Å². The van der Waals surface area contributed by atoms with E-state index < -0.39 is 0 Å². The van der Waals surface area contributed by atoms with E-state index in [1.54, 1.807) is 0 Å². The molecule has 23 heavy (non-hydrogen) atoms. The summed E-state index contributed by atoms with van der Waals surface area (Å²) in [4.78, 5) is 0. The van der Waals surface area contributed by atoms with Crippen molar-refractivity contribution in [1.82, 2.24) is 0 Å². The van der Waals surface area contributed by atoms with Gasteiger partial charge in [-0.1, -0.05) is 72.8 Å². The van der Waals surface area contributed by atoms with Crippen LogP contribution in [0.15, 0.2) is 78.9 Å². The second kappa shape index (κ2) is 4.47. The lowest BCUT2D eigenvalue weighted by atomic mass is 9.94. The number of hydrogen-bond acceptors (Lipinski definition) is 1. The minimum Gasteiger partial charge on any atom is -0.398 e. The van der Waals surface area contributed by atoms with Crippen LogP contribution < -0.4 is 5.73 Å². The van der Waals surface area contributed by atoms with E-state index in [0.717, 1.165) is 16.5 Å². The largest absolute Gasteiger partial charge is 0.398 e. The van der Waals surface area contributed by atoms with Gasteiger partial charge in [0.2, 0.25) is 0 Å². The Morgan fingerprint density at radius 2 is 1.09 bits per heavy atom. The Morgan fingerprint density at radius 1 is 0.478 bits per heavy atom. The van der Waals surface area contributed by atoms with Crippen molar-refractivity contribution in [2.45, 2.75) is 0 Å². The van der Waals surface area contributed by atoms with Crippen molar-refractivity contribution in [2.24, 2.45) is 0 Å². The maximum Gasteiger partial charge on any atom is 0.0479 e. The second-order valence-corrected chi connectivity index (χ2v) is 6.06. The van der Waals surface area contributed by atoms with Gasteiger partial charge in [0, 0.05) is 16.5 Å². The summed E-state index contributed by atoms with van der Waals surface area (Å²) < 4.78 is 0. The summed E-state index contributed by atoms with van der Waals surface area (Å²) in [6.07, 6.45) is 0. The molecule has 0 aliphatic rings. The Morgan fingerprint density at radius 3 is 1.91 bits per heavy atom. The van der Waals surface area contributed by atoms with Crippen molar-refractivity contribution in [3.05, 3.63) is 78.9 Å². The minimum absolute atomic E-state index is 0.875. The fraction of sp³-hybridized carbons (Fsp3) is 0. The fourth-order valence-corrected chi connectivity index (χ4v) is 3.69. The van der Waals surface area contributed by atoms with Crippen molar-refractivity contribution in [3.63, 3.8) is 0 Å². The van der Waals surface area contributed by atoms with Crippen molar-refractivity contribution in [2.75, 3.05) is 5.73 Å². The zero-order valence-corrected chi connectivity index (χ0v) is 12.6. The van der Waals surface area contributed by atoms with Gasteiger partial charge in [0.25, 0.3) is 0 Å². The van der Waals surface area contributed by atoms with Gasteiger partial charge in [-0.2, -0.15) is 0 Å². The number of benzene rings is 5. The van der Waals surface area contributed by atoms with E-state index in [-0.39, 0.29) is 0 Å². The minimum atomic E-state index is 0.875. The molecule has 2 N–H and O–H groups in total. The second-order valence-electron chi connectivity index (χ2n) is 6.06. The van der Waals surface area contributed by atoms with E-state index in [1.165, 1.54) is 32.3 Å². The normalized spacial score (nSPS) is 11.7. The lowest BCUT2D eigenvalue weighted by molar-refractivity contribution is 1.77. The van der Waals surface area contributed by atoms with Crippen LogP contribution in [0.5, 0.6) is 0 Å². The number of fused-ring (bicyclic) bond motifs is 6. The molecule has 0 saturated heterocycles. The molecule has 0 radical (unpaired) electrons. The van der Waals surface area contributed by atoms with Crippen LogP contribution in [-0.2, 0) is 0 Å². The van der Waals surface area contributed by atoms with Crippen LogP contribution in [0, 0.1) is 0 Å². The highest BCUT2D eigenvalue weighted by molar-refractivity contribution is 6.24. The molecule has 5 aromatic carbocycles. The third kappa shape index (κ3) is 1.68. The standard InChI is InChI=1S/C22H15N/c23-22-19-12-11-14-5-1-3-7-17(14)20(19)13-16-10-9-15-6-2-4-8-18(15)21(16)22/h1-13H,23H2. The first-order chi connectivity index (χ1) is 11.3. The molecule has 5 rings (SSSR count). The van der Waals surface area contributed by atoms with Gasteiger partial charge in [-0.3, -0.25) is 0 Å². The van der Waals surface area contributed by atoms with Crippen LogP contribution in [0.25, 0.3) is 43.1 Å². The molecular weight excluding hydrogens is 278 g/mol. The maximum absolute atomic E-state index is 6.61. The van der Waals surface area contributed by atoms with Crippen LogP contribution in [0.3, 0.4) is 0 Å². The molecule has 0 aliphatic carbocycles. The maximum atomic E-state index is 6.61.